The summed E-state index contributed by atoms with van der Waals surface area (Å²) >= 11 is 5.85. The van der Waals surface area contributed by atoms with E-state index in [9.17, 15) is 13.2 Å². The molecule has 27 heavy (non-hydrogen) atoms. The molecule has 0 saturated carbocycles. The maximum atomic E-state index is 12.9. The number of hydrogen-bond donors (Lipinski definition) is 1. The first-order valence-corrected chi connectivity index (χ1v) is 10.4. The predicted molar refractivity (Wildman–Crippen MR) is 105 cm³/mol. The minimum absolute atomic E-state index is 0.177. The maximum absolute atomic E-state index is 12.9. The van der Waals surface area contributed by atoms with Crippen molar-refractivity contribution in [1.29, 1.82) is 0 Å². The Morgan fingerprint density at radius 2 is 1.81 bits per heavy atom. The Bertz CT molecular complexity index is 923. The number of carbonyl (C=O) groups excluding carboxylic acids is 1. The number of sulfonamides is 1. The van der Waals surface area contributed by atoms with Crippen LogP contribution in [-0.4, -0.2) is 44.9 Å². The van der Waals surface area contributed by atoms with Crippen molar-refractivity contribution in [3.63, 3.8) is 0 Å². The minimum atomic E-state index is -3.63. The monoisotopic (exact) mass is 408 g/mol. The molecule has 0 bridgehead atoms. The number of hydrogen-bond acceptors (Lipinski definition) is 4. The summed E-state index contributed by atoms with van der Waals surface area (Å²) in [5.41, 5.74) is 1.91. The first-order chi connectivity index (χ1) is 12.9. The Morgan fingerprint density at radius 3 is 2.48 bits per heavy atom. The molecule has 1 amide bonds. The van der Waals surface area contributed by atoms with E-state index in [1.807, 2.05) is 0 Å². The number of halogens is 1. The summed E-state index contributed by atoms with van der Waals surface area (Å²) in [6.07, 6.45) is 0.177. The molecular formula is C19H21ClN2O4S. The zero-order valence-corrected chi connectivity index (χ0v) is 16.5. The summed E-state index contributed by atoms with van der Waals surface area (Å²) in [4.78, 5) is 12.5. The van der Waals surface area contributed by atoms with E-state index < -0.39 is 10.0 Å². The van der Waals surface area contributed by atoms with Crippen molar-refractivity contribution in [2.45, 2.75) is 18.2 Å². The minimum Gasteiger partial charge on any atom is -0.379 e. The third-order valence-corrected chi connectivity index (χ3v) is 6.63. The lowest BCUT2D eigenvalue weighted by molar-refractivity contribution is -0.115. The SMILES string of the molecule is Cc1ccc(NC(=O)Cc2ccc(Cl)cc2)cc1S(=O)(=O)N1CCOCC1. The summed E-state index contributed by atoms with van der Waals surface area (Å²) < 4.78 is 32.5. The summed E-state index contributed by atoms with van der Waals surface area (Å²) in [7, 11) is -3.63. The third-order valence-electron chi connectivity index (χ3n) is 4.34. The fourth-order valence-electron chi connectivity index (χ4n) is 2.87. The summed E-state index contributed by atoms with van der Waals surface area (Å²) in [6, 6.07) is 11.9. The van der Waals surface area contributed by atoms with Gasteiger partial charge in [-0.15, -0.1) is 0 Å². The van der Waals surface area contributed by atoms with E-state index in [2.05, 4.69) is 5.32 Å². The molecule has 0 spiro atoms. The Kier molecular flexibility index (Phi) is 6.16. The van der Waals surface area contributed by atoms with Gasteiger partial charge in [-0.05, 0) is 42.3 Å². The van der Waals surface area contributed by atoms with Crippen LogP contribution in [0.4, 0.5) is 5.69 Å². The molecule has 3 rings (SSSR count). The zero-order valence-electron chi connectivity index (χ0n) is 14.9. The predicted octanol–water partition coefficient (Wildman–Crippen LogP) is 2.85. The molecule has 1 aliphatic rings. The quantitative estimate of drug-likeness (QED) is 0.825. The number of morpholine rings is 1. The van der Waals surface area contributed by atoms with Gasteiger partial charge in [-0.2, -0.15) is 4.31 Å². The topological polar surface area (TPSA) is 75.7 Å². The van der Waals surface area contributed by atoms with Gasteiger partial charge in [0.2, 0.25) is 15.9 Å². The molecule has 1 fully saturated rings. The number of aryl methyl sites for hydroxylation is 1. The molecule has 1 saturated heterocycles. The van der Waals surface area contributed by atoms with Crippen LogP contribution in [0.2, 0.25) is 5.02 Å². The molecule has 0 radical (unpaired) electrons. The van der Waals surface area contributed by atoms with Gasteiger partial charge in [-0.3, -0.25) is 4.79 Å². The van der Waals surface area contributed by atoms with Crippen LogP contribution in [0.3, 0.4) is 0 Å². The smallest absolute Gasteiger partial charge is 0.243 e. The molecule has 8 heteroatoms. The summed E-state index contributed by atoms with van der Waals surface area (Å²) in [5, 5.41) is 3.38. The molecule has 1 heterocycles. The second-order valence-electron chi connectivity index (χ2n) is 6.35. The number of ether oxygens (including phenoxy) is 1. The van der Waals surface area contributed by atoms with Crippen molar-refractivity contribution in [1.82, 2.24) is 4.31 Å². The van der Waals surface area contributed by atoms with Crippen LogP contribution in [0.1, 0.15) is 11.1 Å². The fourth-order valence-corrected chi connectivity index (χ4v) is 4.66. The van der Waals surface area contributed by atoms with Gasteiger partial charge in [-0.1, -0.05) is 29.8 Å². The fraction of sp³-hybridized carbons (Fsp3) is 0.316. The number of nitrogens with one attached hydrogen (secondary N) is 1. The average molecular weight is 409 g/mol. The summed E-state index contributed by atoms with van der Waals surface area (Å²) in [5.74, 6) is -0.226. The highest BCUT2D eigenvalue weighted by atomic mass is 35.5. The van der Waals surface area contributed by atoms with Gasteiger partial charge in [0.05, 0.1) is 24.5 Å². The molecule has 2 aromatic carbocycles. The highest BCUT2D eigenvalue weighted by Crippen LogP contribution is 2.24. The van der Waals surface area contributed by atoms with Crippen molar-refractivity contribution in [2.75, 3.05) is 31.6 Å². The molecule has 2 aromatic rings. The molecule has 0 atom stereocenters. The van der Waals surface area contributed by atoms with Crippen LogP contribution < -0.4 is 5.32 Å². The molecular weight excluding hydrogens is 388 g/mol. The van der Waals surface area contributed by atoms with Gasteiger partial charge in [-0.25, -0.2) is 8.42 Å². The van der Waals surface area contributed by atoms with Crippen LogP contribution >= 0.6 is 11.6 Å². The zero-order chi connectivity index (χ0) is 19.4. The first kappa shape index (κ1) is 19.8. The lowest BCUT2D eigenvalue weighted by Crippen LogP contribution is -2.40. The van der Waals surface area contributed by atoms with Gasteiger partial charge in [0.15, 0.2) is 0 Å². The Hall–Kier alpha value is -1.93. The van der Waals surface area contributed by atoms with Crippen molar-refractivity contribution in [3.05, 3.63) is 58.6 Å². The number of benzene rings is 2. The van der Waals surface area contributed by atoms with E-state index >= 15 is 0 Å². The molecule has 0 aromatic heterocycles. The van der Waals surface area contributed by atoms with Crippen LogP contribution in [0.15, 0.2) is 47.4 Å². The highest BCUT2D eigenvalue weighted by Gasteiger charge is 2.28. The van der Waals surface area contributed by atoms with Crippen LogP contribution in [0.5, 0.6) is 0 Å². The van der Waals surface area contributed by atoms with Crippen LogP contribution in [0.25, 0.3) is 0 Å². The van der Waals surface area contributed by atoms with Gasteiger partial charge in [0, 0.05) is 23.8 Å². The van der Waals surface area contributed by atoms with Crippen LogP contribution in [0, 0.1) is 6.92 Å². The van der Waals surface area contributed by atoms with E-state index in [1.54, 1.807) is 43.3 Å². The van der Waals surface area contributed by atoms with E-state index in [1.165, 1.54) is 10.4 Å². The lowest BCUT2D eigenvalue weighted by Gasteiger charge is -2.26. The molecule has 0 unspecified atom stereocenters. The molecule has 6 nitrogen and oxygen atoms in total. The van der Waals surface area contributed by atoms with Gasteiger partial charge in [0.25, 0.3) is 0 Å². The molecule has 1 aliphatic heterocycles. The average Bonchev–Trinajstić information content (AvgIpc) is 2.66. The largest absolute Gasteiger partial charge is 0.379 e. The second kappa shape index (κ2) is 8.39. The Morgan fingerprint density at radius 1 is 1.15 bits per heavy atom. The number of amides is 1. The highest BCUT2D eigenvalue weighted by molar-refractivity contribution is 7.89. The standard InChI is InChI=1S/C19H21ClN2O4S/c1-14-2-7-17(21-19(23)12-15-3-5-16(20)6-4-15)13-18(14)27(24,25)22-8-10-26-11-9-22/h2-7,13H,8-12H2,1H3,(H,21,23). The van der Waals surface area contributed by atoms with Crippen molar-refractivity contribution >= 4 is 33.2 Å². The van der Waals surface area contributed by atoms with Gasteiger partial charge < -0.3 is 10.1 Å². The van der Waals surface area contributed by atoms with E-state index in [0.717, 1.165) is 5.56 Å². The maximum Gasteiger partial charge on any atom is 0.243 e. The second-order valence-corrected chi connectivity index (χ2v) is 8.69. The van der Waals surface area contributed by atoms with Gasteiger partial charge >= 0.3 is 0 Å². The van der Waals surface area contributed by atoms with Crippen molar-refractivity contribution in [3.8, 4) is 0 Å². The number of carbonyl (C=O) groups is 1. The molecule has 1 N–H and O–H groups in total. The third kappa shape index (κ3) is 4.87. The van der Waals surface area contributed by atoms with Crippen molar-refractivity contribution < 1.29 is 17.9 Å². The Labute approximate surface area is 164 Å². The molecule has 144 valence electrons. The normalized spacial score (nSPS) is 15.5. The van der Waals surface area contributed by atoms with E-state index in [4.69, 9.17) is 16.3 Å². The summed E-state index contributed by atoms with van der Waals surface area (Å²) in [6.45, 7) is 3.17. The van der Waals surface area contributed by atoms with E-state index in [0.29, 0.717) is 42.6 Å². The van der Waals surface area contributed by atoms with Crippen LogP contribution in [-0.2, 0) is 26.0 Å². The molecule has 0 aliphatic carbocycles. The number of rotatable bonds is 5. The van der Waals surface area contributed by atoms with E-state index in [-0.39, 0.29) is 17.2 Å². The van der Waals surface area contributed by atoms with Crippen molar-refractivity contribution in [2.24, 2.45) is 0 Å². The Balaban J connectivity index is 1.76. The lowest BCUT2D eigenvalue weighted by atomic mass is 10.1. The van der Waals surface area contributed by atoms with Gasteiger partial charge in [0.1, 0.15) is 0 Å². The first-order valence-electron chi connectivity index (χ1n) is 8.59. The number of anilines is 1. The number of nitrogens with zero attached hydrogens (tertiary/aromatic N) is 1.